The SMILES string of the molecule is CC[C@@H]1CCCCN1C(=O)c1cnc2nc(C)ccc2c1Nc1cc(OC)cc(OC)c1. The van der Waals surface area contributed by atoms with E-state index in [4.69, 9.17) is 9.47 Å². The summed E-state index contributed by atoms with van der Waals surface area (Å²) in [5.41, 5.74) is 3.48. The number of likely N-dealkylation sites (tertiary alicyclic amines) is 1. The first-order chi connectivity index (χ1) is 15.5. The first kappa shape index (κ1) is 21.9. The number of pyridine rings is 2. The van der Waals surface area contributed by atoms with Crippen molar-refractivity contribution in [2.75, 3.05) is 26.1 Å². The average Bonchev–Trinajstić information content (AvgIpc) is 2.83. The number of carbonyl (C=O) groups excluding carboxylic acids is 1. The van der Waals surface area contributed by atoms with Crippen LogP contribution in [0.1, 0.15) is 48.7 Å². The van der Waals surface area contributed by atoms with Crippen LogP contribution in [0.25, 0.3) is 11.0 Å². The smallest absolute Gasteiger partial charge is 0.257 e. The summed E-state index contributed by atoms with van der Waals surface area (Å²) in [6.07, 6.45) is 5.83. The predicted molar refractivity (Wildman–Crippen MR) is 126 cm³/mol. The summed E-state index contributed by atoms with van der Waals surface area (Å²) in [6.45, 7) is 4.84. The van der Waals surface area contributed by atoms with Gasteiger partial charge in [-0.2, -0.15) is 0 Å². The molecule has 1 atom stereocenters. The van der Waals surface area contributed by atoms with Gasteiger partial charge in [-0.15, -0.1) is 0 Å². The maximum absolute atomic E-state index is 13.7. The Labute approximate surface area is 188 Å². The Morgan fingerprint density at radius 2 is 1.91 bits per heavy atom. The number of hydrogen-bond donors (Lipinski definition) is 1. The largest absolute Gasteiger partial charge is 0.497 e. The van der Waals surface area contributed by atoms with Gasteiger partial charge in [0.1, 0.15) is 11.5 Å². The van der Waals surface area contributed by atoms with E-state index in [2.05, 4.69) is 22.2 Å². The number of aromatic nitrogens is 2. The van der Waals surface area contributed by atoms with E-state index in [0.29, 0.717) is 28.4 Å². The van der Waals surface area contributed by atoms with Crippen molar-refractivity contribution in [3.63, 3.8) is 0 Å². The molecule has 1 aliphatic heterocycles. The summed E-state index contributed by atoms with van der Waals surface area (Å²) in [6, 6.07) is 9.72. The summed E-state index contributed by atoms with van der Waals surface area (Å²) in [7, 11) is 3.23. The Hall–Kier alpha value is -3.35. The number of hydrogen-bond acceptors (Lipinski definition) is 6. The standard InChI is InChI=1S/C25H30N4O3/c1-5-18-8-6-7-11-29(18)25(30)22-15-26-24-21(10-9-16(2)27-24)23(22)28-17-12-19(31-3)14-20(13-17)32-4/h9-10,12-15,18H,5-8,11H2,1-4H3,(H,26,27,28)/t18-/m1/s1. The molecule has 3 aromatic rings. The van der Waals surface area contributed by atoms with E-state index in [1.165, 1.54) is 0 Å². The topological polar surface area (TPSA) is 76.6 Å². The zero-order valence-electron chi connectivity index (χ0n) is 19.1. The number of rotatable bonds is 6. The number of methoxy groups -OCH3 is 2. The third-order valence-corrected chi connectivity index (χ3v) is 6.08. The number of nitrogens with one attached hydrogen (secondary N) is 1. The summed E-state index contributed by atoms with van der Waals surface area (Å²) < 4.78 is 10.8. The molecule has 0 aliphatic carbocycles. The maximum Gasteiger partial charge on any atom is 0.257 e. The van der Waals surface area contributed by atoms with Crippen LogP contribution in [0.2, 0.25) is 0 Å². The van der Waals surface area contributed by atoms with E-state index in [-0.39, 0.29) is 11.9 Å². The lowest BCUT2D eigenvalue weighted by Crippen LogP contribution is -2.43. The molecule has 2 aromatic heterocycles. The van der Waals surface area contributed by atoms with Crippen molar-refractivity contribution in [2.24, 2.45) is 0 Å². The van der Waals surface area contributed by atoms with Crippen molar-refractivity contribution < 1.29 is 14.3 Å². The van der Waals surface area contributed by atoms with Crippen molar-refractivity contribution in [1.82, 2.24) is 14.9 Å². The van der Waals surface area contributed by atoms with Crippen LogP contribution >= 0.6 is 0 Å². The Bertz CT molecular complexity index is 1110. The molecule has 4 rings (SSSR count). The van der Waals surface area contributed by atoms with E-state index in [1.807, 2.05) is 42.2 Å². The highest BCUT2D eigenvalue weighted by Gasteiger charge is 2.29. The normalized spacial score (nSPS) is 16.1. The minimum atomic E-state index is 0.00360. The number of aryl methyl sites for hydroxylation is 1. The van der Waals surface area contributed by atoms with E-state index >= 15 is 0 Å². The third kappa shape index (κ3) is 4.33. The summed E-state index contributed by atoms with van der Waals surface area (Å²) in [5.74, 6) is 1.33. The molecule has 0 unspecified atom stereocenters. The molecule has 1 N–H and O–H groups in total. The van der Waals surface area contributed by atoms with Crippen LogP contribution < -0.4 is 14.8 Å². The molecular formula is C25H30N4O3. The molecule has 168 valence electrons. The molecule has 0 bridgehead atoms. The van der Waals surface area contributed by atoms with Gasteiger partial charge >= 0.3 is 0 Å². The first-order valence-corrected chi connectivity index (χ1v) is 11.1. The van der Waals surface area contributed by atoms with Gasteiger partial charge in [-0.25, -0.2) is 9.97 Å². The maximum atomic E-state index is 13.7. The van der Waals surface area contributed by atoms with E-state index in [1.54, 1.807) is 20.4 Å². The Balaban J connectivity index is 1.83. The monoisotopic (exact) mass is 434 g/mol. The fourth-order valence-electron chi connectivity index (χ4n) is 4.34. The first-order valence-electron chi connectivity index (χ1n) is 11.1. The lowest BCUT2D eigenvalue weighted by molar-refractivity contribution is 0.0609. The molecule has 0 saturated carbocycles. The van der Waals surface area contributed by atoms with Crippen LogP contribution in [0, 0.1) is 6.92 Å². The van der Waals surface area contributed by atoms with E-state index in [9.17, 15) is 4.79 Å². The second-order valence-corrected chi connectivity index (χ2v) is 8.15. The molecule has 7 nitrogen and oxygen atoms in total. The van der Waals surface area contributed by atoms with Crippen LogP contribution in [0.5, 0.6) is 11.5 Å². The summed E-state index contributed by atoms with van der Waals surface area (Å²) in [4.78, 5) is 24.8. The highest BCUT2D eigenvalue weighted by atomic mass is 16.5. The van der Waals surface area contributed by atoms with Crippen LogP contribution in [0.15, 0.2) is 36.5 Å². The van der Waals surface area contributed by atoms with E-state index in [0.717, 1.165) is 49.0 Å². The fraction of sp³-hybridized carbons (Fsp3) is 0.400. The van der Waals surface area contributed by atoms with Crippen molar-refractivity contribution >= 4 is 28.3 Å². The average molecular weight is 435 g/mol. The Kier molecular flexibility index (Phi) is 6.44. The van der Waals surface area contributed by atoms with Crippen molar-refractivity contribution in [2.45, 2.75) is 45.6 Å². The minimum absolute atomic E-state index is 0.00360. The van der Waals surface area contributed by atoms with Gasteiger partial charge in [-0.05, 0) is 44.7 Å². The molecule has 1 amide bonds. The molecule has 3 heterocycles. The molecule has 1 aliphatic rings. The Morgan fingerprint density at radius 1 is 1.16 bits per heavy atom. The zero-order valence-corrected chi connectivity index (χ0v) is 19.1. The highest BCUT2D eigenvalue weighted by molar-refractivity contribution is 6.07. The number of anilines is 2. The molecular weight excluding hydrogens is 404 g/mol. The van der Waals surface area contributed by atoms with Crippen LogP contribution in [-0.4, -0.2) is 47.6 Å². The molecule has 0 spiro atoms. The molecule has 32 heavy (non-hydrogen) atoms. The highest BCUT2D eigenvalue weighted by Crippen LogP contribution is 2.34. The van der Waals surface area contributed by atoms with Gasteiger partial charge in [0, 0.05) is 53.8 Å². The third-order valence-electron chi connectivity index (χ3n) is 6.08. The van der Waals surface area contributed by atoms with Gasteiger partial charge in [-0.1, -0.05) is 6.92 Å². The number of fused-ring (bicyclic) bond motifs is 1. The number of benzene rings is 1. The number of ether oxygens (including phenoxy) is 2. The lowest BCUT2D eigenvalue weighted by atomic mass is 9.98. The van der Waals surface area contributed by atoms with Gasteiger partial charge in [0.05, 0.1) is 25.5 Å². The quantitative estimate of drug-likeness (QED) is 0.581. The van der Waals surface area contributed by atoms with Gasteiger partial charge < -0.3 is 19.7 Å². The number of piperidine rings is 1. The van der Waals surface area contributed by atoms with Gasteiger partial charge in [0.25, 0.3) is 5.91 Å². The zero-order chi connectivity index (χ0) is 22.7. The molecule has 0 radical (unpaired) electrons. The molecule has 7 heteroatoms. The van der Waals surface area contributed by atoms with Gasteiger partial charge in [-0.3, -0.25) is 4.79 Å². The lowest BCUT2D eigenvalue weighted by Gasteiger charge is -2.35. The summed E-state index contributed by atoms with van der Waals surface area (Å²) in [5, 5.41) is 4.25. The minimum Gasteiger partial charge on any atom is -0.497 e. The fourth-order valence-corrected chi connectivity index (χ4v) is 4.34. The molecule has 1 fully saturated rings. The van der Waals surface area contributed by atoms with Gasteiger partial charge in [0.15, 0.2) is 5.65 Å². The van der Waals surface area contributed by atoms with Crippen molar-refractivity contribution in [3.05, 3.63) is 47.8 Å². The number of amides is 1. The predicted octanol–water partition coefficient (Wildman–Crippen LogP) is 5.10. The molecule has 1 aromatic carbocycles. The van der Waals surface area contributed by atoms with Crippen LogP contribution in [0.4, 0.5) is 11.4 Å². The Morgan fingerprint density at radius 3 is 2.59 bits per heavy atom. The van der Waals surface area contributed by atoms with Crippen molar-refractivity contribution in [1.29, 1.82) is 0 Å². The number of carbonyl (C=O) groups is 1. The summed E-state index contributed by atoms with van der Waals surface area (Å²) >= 11 is 0. The van der Waals surface area contributed by atoms with E-state index < -0.39 is 0 Å². The second kappa shape index (κ2) is 9.42. The molecule has 1 saturated heterocycles. The van der Waals surface area contributed by atoms with Gasteiger partial charge in [0.2, 0.25) is 0 Å². The second-order valence-electron chi connectivity index (χ2n) is 8.15. The van der Waals surface area contributed by atoms with Crippen LogP contribution in [0.3, 0.4) is 0 Å². The number of nitrogens with zero attached hydrogens (tertiary/aromatic N) is 3. The van der Waals surface area contributed by atoms with Crippen molar-refractivity contribution in [3.8, 4) is 11.5 Å². The van der Waals surface area contributed by atoms with Crippen LogP contribution in [-0.2, 0) is 0 Å².